The lowest BCUT2D eigenvalue weighted by Crippen LogP contribution is -1.97. The highest BCUT2D eigenvalue weighted by Gasteiger charge is 2.09. The van der Waals surface area contributed by atoms with Crippen molar-refractivity contribution in [2.45, 2.75) is 6.54 Å². The van der Waals surface area contributed by atoms with Gasteiger partial charge in [-0.1, -0.05) is 17.3 Å². The lowest BCUT2D eigenvalue weighted by molar-refractivity contribution is 0.414. The zero-order chi connectivity index (χ0) is 14.7. The summed E-state index contributed by atoms with van der Waals surface area (Å²) in [5, 5.41) is 9.11. The molecule has 0 radical (unpaired) electrons. The van der Waals surface area contributed by atoms with Crippen LogP contribution < -0.4 is 10.1 Å². The first-order valence-corrected chi connectivity index (χ1v) is 7.87. The highest BCUT2D eigenvalue weighted by atomic mass is 79.9. The summed E-state index contributed by atoms with van der Waals surface area (Å²) in [7, 11) is 1.63. The van der Waals surface area contributed by atoms with Crippen LogP contribution in [0.2, 0.25) is 0 Å². The van der Waals surface area contributed by atoms with Gasteiger partial charge in [0, 0.05) is 20.3 Å². The Morgan fingerprint density at radius 1 is 1.38 bits per heavy atom. The molecule has 0 amide bonds. The van der Waals surface area contributed by atoms with Crippen molar-refractivity contribution in [1.29, 1.82) is 0 Å². The Morgan fingerprint density at radius 3 is 3.05 bits per heavy atom. The number of hydrogen-bond acceptors (Lipinski definition) is 6. The third-order valence-electron chi connectivity index (χ3n) is 2.79. The average molecular weight is 366 g/mol. The smallest absolute Gasteiger partial charge is 0.322 e. The molecule has 2 aromatic heterocycles. The largest absolute Gasteiger partial charge is 0.497 e. The summed E-state index contributed by atoms with van der Waals surface area (Å²) in [6, 6.07) is 9.99. The van der Waals surface area contributed by atoms with Crippen LogP contribution in [-0.2, 0) is 6.54 Å². The molecule has 0 fully saturated rings. The Hall–Kier alpha value is -1.86. The van der Waals surface area contributed by atoms with Gasteiger partial charge in [-0.3, -0.25) is 0 Å². The van der Waals surface area contributed by atoms with Crippen molar-refractivity contribution in [2.75, 3.05) is 12.4 Å². The van der Waals surface area contributed by atoms with Crippen molar-refractivity contribution in [2.24, 2.45) is 0 Å². The van der Waals surface area contributed by atoms with Crippen LogP contribution >= 0.6 is 27.3 Å². The predicted octanol–water partition coefficient (Wildman–Crippen LogP) is 4.18. The van der Waals surface area contributed by atoms with Gasteiger partial charge in [0.05, 0.1) is 13.7 Å². The third-order valence-corrected chi connectivity index (χ3v) is 4.49. The van der Waals surface area contributed by atoms with Gasteiger partial charge >= 0.3 is 6.01 Å². The molecule has 1 aromatic carbocycles. The molecule has 21 heavy (non-hydrogen) atoms. The number of ether oxygens (including phenoxy) is 1. The Labute approximate surface area is 134 Å². The topological polar surface area (TPSA) is 60.2 Å². The van der Waals surface area contributed by atoms with Crippen LogP contribution in [0.4, 0.5) is 6.01 Å². The fraction of sp³-hybridized carbons (Fsp3) is 0.143. The highest BCUT2D eigenvalue weighted by molar-refractivity contribution is 9.10. The maximum Gasteiger partial charge on any atom is 0.322 e. The predicted molar refractivity (Wildman–Crippen MR) is 85.6 cm³/mol. The first-order chi connectivity index (χ1) is 10.2. The molecule has 0 bridgehead atoms. The van der Waals surface area contributed by atoms with Crippen LogP contribution in [0.15, 0.2) is 44.7 Å². The van der Waals surface area contributed by atoms with Gasteiger partial charge in [-0.05, 0) is 34.1 Å². The van der Waals surface area contributed by atoms with Gasteiger partial charge in [0.15, 0.2) is 0 Å². The fourth-order valence-corrected chi connectivity index (χ4v) is 3.17. The van der Waals surface area contributed by atoms with E-state index in [0.29, 0.717) is 18.4 Å². The molecule has 1 N–H and O–H groups in total. The summed E-state index contributed by atoms with van der Waals surface area (Å²) in [5.41, 5.74) is 0.852. The highest BCUT2D eigenvalue weighted by Crippen LogP contribution is 2.23. The zero-order valence-electron chi connectivity index (χ0n) is 11.2. The van der Waals surface area contributed by atoms with Crippen LogP contribution in [0.1, 0.15) is 4.88 Å². The summed E-state index contributed by atoms with van der Waals surface area (Å²) in [6.45, 7) is 0.649. The lowest BCUT2D eigenvalue weighted by Gasteiger charge is -2.00. The van der Waals surface area contributed by atoms with E-state index in [1.165, 1.54) is 4.88 Å². The molecule has 0 aliphatic carbocycles. The molecule has 0 saturated heterocycles. The van der Waals surface area contributed by atoms with E-state index in [1.54, 1.807) is 18.4 Å². The van der Waals surface area contributed by atoms with Crippen molar-refractivity contribution in [3.63, 3.8) is 0 Å². The van der Waals surface area contributed by atoms with Gasteiger partial charge in [-0.15, -0.1) is 11.3 Å². The van der Waals surface area contributed by atoms with Gasteiger partial charge in [-0.2, -0.15) is 4.98 Å². The molecular weight excluding hydrogens is 354 g/mol. The molecule has 0 spiro atoms. The Balaban J connectivity index is 1.70. The summed E-state index contributed by atoms with van der Waals surface area (Å²) >= 11 is 5.09. The number of nitrogens with zero attached hydrogens (tertiary/aromatic N) is 2. The standard InChI is InChI=1S/C14H12BrN3O2S/c1-19-11-4-2-3-9(5-11)13-17-14(20-18-13)16-7-12-6-10(15)8-21-12/h2-6,8H,7H2,1H3,(H,16,17,18). The van der Waals surface area contributed by atoms with Gasteiger partial charge < -0.3 is 14.6 Å². The van der Waals surface area contributed by atoms with E-state index < -0.39 is 0 Å². The van der Waals surface area contributed by atoms with Gasteiger partial charge in [0.2, 0.25) is 5.82 Å². The van der Waals surface area contributed by atoms with E-state index in [-0.39, 0.29) is 0 Å². The molecule has 0 unspecified atom stereocenters. The first-order valence-electron chi connectivity index (χ1n) is 6.19. The molecule has 2 heterocycles. The molecule has 7 heteroatoms. The number of hydrogen-bond donors (Lipinski definition) is 1. The van der Waals surface area contributed by atoms with Crippen LogP contribution in [-0.4, -0.2) is 17.3 Å². The second-order valence-corrected chi connectivity index (χ2v) is 6.15. The number of nitrogens with one attached hydrogen (secondary N) is 1. The van der Waals surface area contributed by atoms with Gasteiger partial charge in [0.25, 0.3) is 0 Å². The molecule has 108 valence electrons. The number of rotatable bonds is 5. The van der Waals surface area contributed by atoms with E-state index in [2.05, 4.69) is 37.5 Å². The van der Waals surface area contributed by atoms with Crippen molar-refractivity contribution in [3.05, 3.63) is 45.1 Å². The lowest BCUT2D eigenvalue weighted by atomic mass is 10.2. The van der Waals surface area contributed by atoms with E-state index in [0.717, 1.165) is 15.8 Å². The summed E-state index contributed by atoms with van der Waals surface area (Å²) < 4.78 is 11.5. The average Bonchev–Trinajstić information content (AvgIpc) is 3.14. The maximum atomic E-state index is 5.20. The second kappa shape index (κ2) is 6.28. The first kappa shape index (κ1) is 14.1. The number of aromatic nitrogens is 2. The minimum Gasteiger partial charge on any atom is -0.497 e. The number of thiophene rings is 1. The van der Waals surface area contributed by atoms with Gasteiger partial charge in [0.1, 0.15) is 5.75 Å². The number of anilines is 1. The Kier molecular flexibility index (Phi) is 4.21. The molecule has 3 aromatic rings. The van der Waals surface area contributed by atoms with E-state index in [9.17, 15) is 0 Å². The minimum atomic E-state index is 0.400. The van der Waals surface area contributed by atoms with Crippen molar-refractivity contribution < 1.29 is 9.26 Å². The van der Waals surface area contributed by atoms with Crippen molar-refractivity contribution in [3.8, 4) is 17.1 Å². The third kappa shape index (κ3) is 3.43. The van der Waals surface area contributed by atoms with Gasteiger partial charge in [-0.25, -0.2) is 0 Å². The molecule has 0 aliphatic rings. The molecule has 0 saturated carbocycles. The maximum absolute atomic E-state index is 5.20. The SMILES string of the molecule is COc1cccc(-c2noc(NCc3cc(Br)cs3)n2)c1. The molecule has 0 aliphatic heterocycles. The quantitative estimate of drug-likeness (QED) is 0.734. The van der Waals surface area contributed by atoms with Crippen LogP contribution in [0.3, 0.4) is 0 Å². The fourth-order valence-electron chi connectivity index (χ4n) is 1.78. The van der Waals surface area contributed by atoms with Crippen molar-refractivity contribution in [1.82, 2.24) is 10.1 Å². The van der Waals surface area contributed by atoms with Crippen LogP contribution in [0.25, 0.3) is 11.4 Å². The van der Waals surface area contributed by atoms with E-state index in [1.807, 2.05) is 29.6 Å². The molecule has 3 rings (SSSR count). The second-order valence-electron chi connectivity index (χ2n) is 4.24. The number of benzene rings is 1. The van der Waals surface area contributed by atoms with Crippen molar-refractivity contribution >= 4 is 33.3 Å². The van der Waals surface area contributed by atoms with Crippen LogP contribution in [0, 0.1) is 0 Å². The Morgan fingerprint density at radius 2 is 2.29 bits per heavy atom. The molecule has 5 nitrogen and oxygen atoms in total. The molecule has 0 atom stereocenters. The monoisotopic (exact) mass is 365 g/mol. The summed E-state index contributed by atoms with van der Waals surface area (Å²) in [4.78, 5) is 5.51. The number of methoxy groups -OCH3 is 1. The Bertz CT molecular complexity index is 741. The van der Waals surface area contributed by atoms with E-state index >= 15 is 0 Å². The van der Waals surface area contributed by atoms with E-state index in [4.69, 9.17) is 9.26 Å². The minimum absolute atomic E-state index is 0.400. The zero-order valence-corrected chi connectivity index (χ0v) is 13.6. The molecular formula is C14H12BrN3O2S. The summed E-state index contributed by atoms with van der Waals surface area (Å²) in [6.07, 6.45) is 0. The summed E-state index contributed by atoms with van der Waals surface area (Å²) in [5.74, 6) is 1.29. The normalized spacial score (nSPS) is 10.6. The van der Waals surface area contributed by atoms with Crippen LogP contribution in [0.5, 0.6) is 5.75 Å². The number of halogens is 1.